The Balaban J connectivity index is 1.98. The number of anilines is 1. The first-order chi connectivity index (χ1) is 9.06. The number of benzene rings is 1. The zero-order valence-corrected chi connectivity index (χ0v) is 11.1. The normalized spacial score (nSPS) is 19.0. The number of piperidine rings is 1. The minimum absolute atomic E-state index is 0.170. The van der Waals surface area contributed by atoms with Crippen LogP contribution in [-0.2, 0) is 4.79 Å². The van der Waals surface area contributed by atoms with Crippen LogP contribution < -0.4 is 11.1 Å². The van der Waals surface area contributed by atoms with E-state index in [1.165, 1.54) is 0 Å². The number of nitrogens with one attached hydrogen (secondary N) is 1. The van der Waals surface area contributed by atoms with Gasteiger partial charge in [0.15, 0.2) is 0 Å². The van der Waals surface area contributed by atoms with Crippen molar-refractivity contribution < 1.29 is 9.59 Å². The topological polar surface area (TPSA) is 75.4 Å². The molecule has 1 unspecified atom stereocenters. The lowest BCUT2D eigenvalue weighted by Gasteiger charge is -2.31. The molecule has 0 radical (unpaired) electrons. The fourth-order valence-electron chi connectivity index (χ4n) is 2.32. The van der Waals surface area contributed by atoms with Crippen molar-refractivity contribution in [2.45, 2.75) is 19.8 Å². The van der Waals surface area contributed by atoms with Crippen molar-refractivity contribution in [3.63, 3.8) is 0 Å². The Morgan fingerprint density at radius 3 is 2.89 bits per heavy atom. The van der Waals surface area contributed by atoms with Crippen LogP contribution in [0.25, 0.3) is 0 Å². The number of carbonyl (C=O) groups excluding carboxylic acids is 2. The van der Waals surface area contributed by atoms with Crippen molar-refractivity contribution in [3.8, 4) is 0 Å². The molecule has 5 heteroatoms. The van der Waals surface area contributed by atoms with E-state index in [0.717, 1.165) is 24.1 Å². The monoisotopic (exact) mass is 261 g/mol. The van der Waals surface area contributed by atoms with Gasteiger partial charge in [-0.2, -0.15) is 0 Å². The van der Waals surface area contributed by atoms with Crippen LogP contribution in [0, 0.1) is 12.8 Å². The van der Waals surface area contributed by atoms with Gasteiger partial charge in [0.05, 0.1) is 5.92 Å². The van der Waals surface area contributed by atoms with Crippen LogP contribution in [0.3, 0.4) is 0 Å². The second kappa shape index (κ2) is 5.73. The smallest absolute Gasteiger partial charge is 0.321 e. The number of nitrogens with zero attached hydrogens (tertiary/aromatic N) is 1. The molecule has 0 aliphatic carbocycles. The van der Waals surface area contributed by atoms with Crippen LogP contribution in [0.5, 0.6) is 0 Å². The van der Waals surface area contributed by atoms with E-state index in [0.29, 0.717) is 13.1 Å². The molecular weight excluding hydrogens is 242 g/mol. The summed E-state index contributed by atoms with van der Waals surface area (Å²) >= 11 is 0. The maximum absolute atomic E-state index is 12.1. The molecule has 2 rings (SSSR count). The average molecular weight is 261 g/mol. The average Bonchev–Trinajstić information content (AvgIpc) is 2.39. The highest BCUT2D eigenvalue weighted by molar-refractivity contribution is 5.90. The molecule has 5 nitrogen and oxygen atoms in total. The zero-order valence-electron chi connectivity index (χ0n) is 11.1. The molecule has 1 fully saturated rings. The number of aryl methyl sites for hydroxylation is 1. The number of nitrogens with two attached hydrogens (primary N) is 1. The summed E-state index contributed by atoms with van der Waals surface area (Å²) < 4.78 is 0. The molecular formula is C14H19N3O2. The number of primary amides is 1. The van der Waals surface area contributed by atoms with Crippen LogP contribution in [0.2, 0.25) is 0 Å². The van der Waals surface area contributed by atoms with E-state index in [1.807, 2.05) is 31.2 Å². The maximum atomic E-state index is 12.1. The van der Waals surface area contributed by atoms with Crippen LogP contribution in [0.15, 0.2) is 24.3 Å². The van der Waals surface area contributed by atoms with Gasteiger partial charge in [-0.25, -0.2) is 4.79 Å². The highest BCUT2D eigenvalue weighted by atomic mass is 16.2. The Morgan fingerprint density at radius 2 is 2.21 bits per heavy atom. The largest absolute Gasteiger partial charge is 0.369 e. The van der Waals surface area contributed by atoms with Crippen molar-refractivity contribution in [2.24, 2.45) is 11.7 Å². The van der Waals surface area contributed by atoms with Crippen LogP contribution in [0.1, 0.15) is 18.4 Å². The molecule has 3 N–H and O–H groups in total. The Labute approximate surface area is 112 Å². The fraction of sp³-hybridized carbons (Fsp3) is 0.429. The number of hydrogen-bond donors (Lipinski definition) is 2. The molecule has 1 aromatic rings. The van der Waals surface area contributed by atoms with Crippen LogP contribution in [-0.4, -0.2) is 29.9 Å². The molecule has 0 bridgehead atoms. The number of hydrogen-bond acceptors (Lipinski definition) is 2. The summed E-state index contributed by atoms with van der Waals surface area (Å²) in [6.07, 6.45) is 1.58. The van der Waals surface area contributed by atoms with Crippen LogP contribution >= 0.6 is 0 Å². The number of urea groups is 1. The lowest BCUT2D eigenvalue weighted by atomic mass is 9.98. The first-order valence-corrected chi connectivity index (χ1v) is 6.48. The van der Waals surface area contributed by atoms with E-state index in [9.17, 15) is 9.59 Å². The van der Waals surface area contributed by atoms with Crippen molar-refractivity contribution >= 4 is 17.6 Å². The minimum atomic E-state index is -0.326. The summed E-state index contributed by atoms with van der Waals surface area (Å²) in [6, 6.07) is 7.46. The summed E-state index contributed by atoms with van der Waals surface area (Å²) in [5.74, 6) is -0.551. The molecule has 19 heavy (non-hydrogen) atoms. The molecule has 1 aliphatic rings. The standard InChI is InChI=1S/C14H19N3O2/c1-10-4-2-6-12(8-10)16-14(19)17-7-3-5-11(9-17)13(15)18/h2,4,6,8,11H,3,5,7,9H2,1H3,(H2,15,18)(H,16,19). The van der Waals surface area contributed by atoms with E-state index in [2.05, 4.69) is 5.32 Å². The molecule has 1 aromatic carbocycles. The third kappa shape index (κ3) is 3.47. The van der Waals surface area contributed by atoms with Gasteiger partial charge < -0.3 is 16.0 Å². The molecule has 0 spiro atoms. The predicted octanol–water partition coefficient (Wildman–Crippen LogP) is 1.72. The summed E-state index contributed by atoms with van der Waals surface area (Å²) in [4.78, 5) is 25.0. The molecule has 1 atom stereocenters. The molecule has 1 heterocycles. The Morgan fingerprint density at radius 1 is 1.42 bits per heavy atom. The van der Waals surface area contributed by atoms with Crippen molar-refractivity contribution in [3.05, 3.63) is 29.8 Å². The van der Waals surface area contributed by atoms with Crippen molar-refractivity contribution in [1.29, 1.82) is 0 Å². The lowest BCUT2D eigenvalue weighted by molar-refractivity contribution is -0.123. The van der Waals surface area contributed by atoms with Crippen LogP contribution in [0.4, 0.5) is 10.5 Å². The summed E-state index contributed by atoms with van der Waals surface area (Å²) in [7, 11) is 0. The third-order valence-corrected chi connectivity index (χ3v) is 3.38. The van der Waals surface area contributed by atoms with E-state index >= 15 is 0 Å². The van der Waals surface area contributed by atoms with Gasteiger partial charge in [-0.15, -0.1) is 0 Å². The van der Waals surface area contributed by atoms with Gasteiger partial charge in [-0.1, -0.05) is 12.1 Å². The zero-order chi connectivity index (χ0) is 13.8. The first kappa shape index (κ1) is 13.4. The SMILES string of the molecule is Cc1cccc(NC(=O)N2CCCC(C(N)=O)C2)c1. The second-order valence-electron chi connectivity index (χ2n) is 4.99. The molecule has 3 amide bonds. The molecule has 0 saturated carbocycles. The lowest BCUT2D eigenvalue weighted by Crippen LogP contribution is -2.45. The number of rotatable bonds is 2. The van der Waals surface area contributed by atoms with Gasteiger partial charge >= 0.3 is 6.03 Å². The van der Waals surface area contributed by atoms with E-state index in [-0.39, 0.29) is 17.9 Å². The van der Waals surface area contributed by atoms with Gasteiger partial charge in [-0.3, -0.25) is 4.79 Å². The van der Waals surface area contributed by atoms with Crippen molar-refractivity contribution in [1.82, 2.24) is 4.90 Å². The summed E-state index contributed by atoms with van der Waals surface area (Å²) in [5, 5.41) is 2.85. The molecule has 1 aliphatic heterocycles. The molecule has 0 aromatic heterocycles. The second-order valence-corrected chi connectivity index (χ2v) is 4.99. The Kier molecular flexibility index (Phi) is 4.04. The summed E-state index contributed by atoms with van der Waals surface area (Å²) in [6.45, 7) is 3.05. The van der Waals surface area contributed by atoms with E-state index in [4.69, 9.17) is 5.73 Å². The number of amides is 3. The van der Waals surface area contributed by atoms with Gasteiger partial charge in [0.2, 0.25) is 5.91 Å². The number of likely N-dealkylation sites (tertiary alicyclic amines) is 1. The molecule has 102 valence electrons. The van der Waals surface area contributed by atoms with E-state index < -0.39 is 0 Å². The van der Waals surface area contributed by atoms with Gasteiger partial charge in [0.1, 0.15) is 0 Å². The Bertz CT molecular complexity index is 487. The molecule has 1 saturated heterocycles. The van der Waals surface area contributed by atoms with Gasteiger partial charge in [0.25, 0.3) is 0 Å². The summed E-state index contributed by atoms with van der Waals surface area (Å²) in [5.41, 5.74) is 7.16. The quantitative estimate of drug-likeness (QED) is 0.850. The highest BCUT2D eigenvalue weighted by Crippen LogP contribution is 2.17. The van der Waals surface area contributed by atoms with Crippen molar-refractivity contribution in [2.75, 3.05) is 18.4 Å². The maximum Gasteiger partial charge on any atom is 0.321 e. The number of carbonyl (C=O) groups is 2. The predicted molar refractivity (Wildman–Crippen MR) is 73.7 cm³/mol. The fourth-order valence-corrected chi connectivity index (χ4v) is 2.32. The van der Waals surface area contributed by atoms with Gasteiger partial charge in [-0.05, 0) is 37.5 Å². The Hall–Kier alpha value is -2.04. The van der Waals surface area contributed by atoms with Gasteiger partial charge in [0, 0.05) is 18.8 Å². The minimum Gasteiger partial charge on any atom is -0.369 e. The highest BCUT2D eigenvalue weighted by Gasteiger charge is 2.26. The van der Waals surface area contributed by atoms with E-state index in [1.54, 1.807) is 4.90 Å². The first-order valence-electron chi connectivity index (χ1n) is 6.48. The third-order valence-electron chi connectivity index (χ3n) is 3.38.